The highest BCUT2D eigenvalue weighted by Gasteiger charge is 2.14. The molecule has 3 aromatic rings. The maximum atomic E-state index is 4.41. The van der Waals surface area contributed by atoms with Crippen molar-refractivity contribution in [3.63, 3.8) is 0 Å². The van der Waals surface area contributed by atoms with Gasteiger partial charge in [0.15, 0.2) is 0 Å². The summed E-state index contributed by atoms with van der Waals surface area (Å²) in [6.07, 6.45) is 6.15. The summed E-state index contributed by atoms with van der Waals surface area (Å²) in [4.78, 5) is 0. The minimum atomic E-state index is 0.347. The van der Waals surface area contributed by atoms with Gasteiger partial charge in [0.05, 0.1) is 11.7 Å². The van der Waals surface area contributed by atoms with Gasteiger partial charge in [-0.05, 0) is 54.4 Å². The number of fused-ring (bicyclic) bond motifs is 1. The lowest BCUT2D eigenvalue weighted by molar-refractivity contribution is 0.553. The lowest BCUT2D eigenvalue weighted by Gasteiger charge is -2.14. The molecule has 3 aromatic heterocycles. The number of pyridine rings is 1. The highest BCUT2D eigenvalue weighted by atomic mass is 32.1. The lowest BCUT2D eigenvalue weighted by Crippen LogP contribution is -2.16. The third kappa shape index (κ3) is 2.55. The van der Waals surface area contributed by atoms with Crippen LogP contribution in [-0.4, -0.2) is 16.7 Å². The van der Waals surface area contributed by atoms with Crippen molar-refractivity contribution in [2.75, 3.05) is 7.05 Å². The monoisotopic (exact) mass is 271 g/mol. The van der Waals surface area contributed by atoms with Gasteiger partial charge in [-0.2, -0.15) is 16.4 Å². The van der Waals surface area contributed by atoms with Crippen LogP contribution >= 0.6 is 11.3 Å². The number of thiophene rings is 1. The van der Waals surface area contributed by atoms with E-state index in [0.29, 0.717) is 6.04 Å². The minimum absolute atomic E-state index is 0.347. The van der Waals surface area contributed by atoms with Gasteiger partial charge in [0, 0.05) is 17.8 Å². The summed E-state index contributed by atoms with van der Waals surface area (Å²) in [6, 6.07) is 8.74. The van der Waals surface area contributed by atoms with Gasteiger partial charge in [-0.1, -0.05) is 6.07 Å². The van der Waals surface area contributed by atoms with Crippen molar-refractivity contribution in [1.29, 1.82) is 0 Å². The second-order valence-electron chi connectivity index (χ2n) is 4.64. The molecule has 0 fully saturated rings. The van der Waals surface area contributed by atoms with Gasteiger partial charge in [-0.3, -0.25) is 0 Å². The molecule has 3 nitrogen and oxygen atoms in total. The van der Waals surface area contributed by atoms with Crippen molar-refractivity contribution >= 4 is 16.9 Å². The van der Waals surface area contributed by atoms with Gasteiger partial charge >= 0.3 is 0 Å². The zero-order valence-electron chi connectivity index (χ0n) is 10.9. The zero-order chi connectivity index (χ0) is 13.1. The summed E-state index contributed by atoms with van der Waals surface area (Å²) in [7, 11) is 2.02. The van der Waals surface area contributed by atoms with E-state index < -0.39 is 0 Å². The number of nitrogens with zero attached hydrogens (tertiary/aromatic N) is 2. The van der Waals surface area contributed by atoms with E-state index in [2.05, 4.69) is 39.4 Å². The first-order chi connectivity index (χ1) is 9.38. The van der Waals surface area contributed by atoms with Crippen molar-refractivity contribution in [3.8, 4) is 0 Å². The Balaban J connectivity index is 1.81. The Hall–Kier alpha value is -1.65. The molecule has 0 aliphatic carbocycles. The molecule has 1 N–H and O–H groups in total. The third-order valence-electron chi connectivity index (χ3n) is 3.48. The average molecular weight is 271 g/mol. The van der Waals surface area contributed by atoms with Gasteiger partial charge in [-0.25, -0.2) is 4.52 Å². The molecule has 0 bridgehead atoms. The lowest BCUT2D eigenvalue weighted by atomic mass is 10.0. The van der Waals surface area contributed by atoms with Crippen molar-refractivity contribution in [3.05, 3.63) is 58.5 Å². The van der Waals surface area contributed by atoms with Gasteiger partial charge in [-0.15, -0.1) is 0 Å². The van der Waals surface area contributed by atoms with Crippen LogP contribution < -0.4 is 5.32 Å². The Kier molecular flexibility index (Phi) is 3.62. The molecule has 0 radical (unpaired) electrons. The first-order valence-corrected chi connectivity index (χ1v) is 7.43. The summed E-state index contributed by atoms with van der Waals surface area (Å²) in [5, 5.41) is 12.2. The number of nitrogens with one attached hydrogen (secondary N) is 1. The molecule has 0 aliphatic rings. The quantitative estimate of drug-likeness (QED) is 0.771. The molecule has 19 heavy (non-hydrogen) atoms. The molecular weight excluding hydrogens is 254 g/mol. The van der Waals surface area contributed by atoms with Crippen molar-refractivity contribution in [2.45, 2.75) is 18.9 Å². The van der Waals surface area contributed by atoms with E-state index in [4.69, 9.17) is 0 Å². The van der Waals surface area contributed by atoms with E-state index in [9.17, 15) is 0 Å². The Bertz CT molecular complexity index is 642. The second-order valence-corrected chi connectivity index (χ2v) is 5.42. The summed E-state index contributed by atoms with van der Waals surface area (Å²) in [5.74, 6) is 0. The molecule has 3 rings (SSSR count). The number of aromatic nitrogens is 2. The SMILES string of the molecule is CNC(CCc1ccsc1)c1cnn2ccccc12. The highest BCUT2D eigenvalue weighted by Crippen LogP contribution is 2.23. The predicted octanol–water partition coefficient (Wildman–Crippen LogP) is 3.29. The third-order valence-corrected chi connectivity index (χ3v) is 4.21. The molecule has 1 unspecified atom stereocenters. The number of aryl methyl sites for hydroxylation is 1. The van der Waals surface area contributed by atoms with Crippen LogP contribution in [0.2, 0.25) is 0 Å². The van der Waals surface area contributed by atoms with Gasteiger partial charge in [0.2, 0.25) is 0 Å². The fourth-order valence-corrected chi connectivity index (χ4v) is 3.13. The van der Waals surface area contributed by atoms with E-state index in [1.165, 1.54) is 16.6 Å². The molecule has 4 heteroatoms. The molecule has 0 saturated carbocycles. The van der Waals surface area contributed by atoms with Crippen LogP contribution in [0.25, 0.3) is 5.52 Å². The maximum Gasteiger partial charge on any atom is 0.0709 e. The standard InChI is InChI=1S/C15H17N3S/c1-16-14(6-5-12-7-9-19-11-12)13-10-17-18-8-3-2-4-15(13)18/h2-4,7-11,14,16H,5-6H2,1H3. The maximum absolute atomic E-state index is 4.41. The first kappa shape index (κ1) is 12.4. The Morgan fingerprint density at radius 3 is 3.11 bits per heavy atom. The topological polar surface area (TPSA) is 29.3 Å². The second kappa shape index (κ2) is 5.55. The smallest absolute Gasteiger partial charge is 0.0709 e. The number of hydrogen-bond acceptors (Lipinski definition) is 3. The largest absolute Gasteiger partial charge is 0.313 e. The molecule has 3 heterocycles. The van der Waals surface area contributed by atoms with E-state index in [-0.39, 0.29) is 0 Å². The summed E-state index contributed by atoms with van der Waals surface area (Å²) in [6.45, 7) is 0. The fourth-order valence-electron chi connectivity index (χ4n) is 2.42. The fraction of sp³-hybridized carbons (Fsp3) is 0.267. The van der Waals surface area contributed by atoms with Crippen LogP contribution in [-0.2, 0) is 6.42 Å². The highest BCUT2D eigenvalue weighted by molar-refractivity contribution is 7.07. The average Bonchev–Trinajstić information content (AvgIpc) is 3.09. The van der Waals surface area contributed by atoms with Crippen molar-refractivity contribution in [2.24, 2.45) is 0 Å². The van der Waals surface area contributed by atoms with Gasteiger partial charge in [0.1, 0.15) is 0 Å². The van der Waals surface area contributed by atoms with Crippen LogP contribution in [0.3, 0.4) is 0 Å². The molecule has 0 aliphatic heterocycles. The van der Waals surface area contributed by atoms with Crippen LogP contribution in [0.15, 0.2) is 47.4 Å². The van der Waals surface area contributed by atoms with Crippen molar-refractivity contribution < 1.29 is 0 Å². The molecule has 0 amide bonds. The molecule has 1 atom stereocenters. The van der Waals surface area contributed by atoms with E-state index in [1.807, 2.05) is 30.0 Å². The Labute approximate surface area is 116 Å². The van der Waals surface area contributed by atoms with E-state index >= 15 is 0 Å². The predicted molar refractivity (Wildman–Crippen MR) is 79.6 cm³/mol. The normalized spacial score (nSPS) is 12.9. The van der Waals surface area contributed by atoms with Crippen LogP contribution in [0.1, 0.15) is 23.6 Å². The summed E-state index contributed by atoms with van der Waals surface area (Å²) < 4.78 is 1.93. The molecular formula is C15H17N3S. The molecule has 98 valence electrons. The van der Waals surface area contributed by atoms with Crippen LogP contribution in [0, 0.1) is 0 Å². The van der Waals surface area contributed by atoms with Crippen molar-refractivity contribution in [1.82, 2.24) is 14.9 Å². The van der Waals surface area contributed by atoms with E-state index in [1.54, 1.807) is 11.3 Å². The number of rotatable bonds is 5. The first-order valence-electron chi connectivity index (χ1n) is 6.49. The molecule has 0 spiro atoms. The zero-order valence-corrected chi connectivity index (χ0v) is 11.7. The molecule has 0 saturated heterocycles. The molecule has 0 aromatic carbocycles. The van der Waals surface area contributed by atoms with Gasteiger partial charge in [0.25, 0.3) is 0 Å². The summed E-state index contributed by atoms with van der Waals surface area (Å²) in [5.41, 5.74) is 3.88. The van der Waals surface area contributed by atoms with E-state index in [0.717, 1.165) is 12.8 Å². The minimum Gasteiger partial charge on any atom is -0.313 e. The van der Waals surface area contributed by atoms with Crippen LogP contribution in [0.4, 0.5) is 0 Å². The van der Waals surface area contributed by atoms with Crippen LogP contribution in [0.5, 0.6) is 0 Å². The number of hydrogen-bond donors (Lipinski definition) is 1. The summed E-state index contributed by atoms with van der Waals surface area (Å²) >= 11 is 1.76. The Morgan fingerprint density at radius 2 is 2.32 bits per heavy atom. The van der Waals surface area contributed by atoms with Gasteiger partial charge < -0.3 is 5.32 Å². The Morgan fingerprint density at radius 1 is 1.37 bits per heavy atom.